The number of piperidine rings is 1. The second kappa shape index (κ2) is 11.4. The van der Waals surface area contributed by atoms with Gasteiger partial charge in [0.1, 0.15) is 12.4 Å². The Morgan fingerprint density at radius 3 is 2.49 bits per heavy atom. The minimum Gasteiger partial charge on any atom is -0.492 e. The van der Waals surface area contributed by atoms with Gasteiger partial charge in [-0.1, -0.05) is 36.8 Å². The number of rotatable bonds is 8. The second-order valence-electron chi connectivity index (χ2n) is 10.0. The summed E-state index contributed by atoms with van der Waals surface area (Å²) < 4.78 is 13.4. The molecule has 7 heteroatoms. The van der Waals surface area contributed by atoms with Crippen LogP contribution in [0.15, 0.2) is 67.1 Å². The number of aromatic nitrogens is 3. The molecule has 2 aliphatic heterocycles. The number of hydrogen-bond acceptors (Lipinski definition) is 6. The molecule has 0 spiro atoms. The molecule has 2 aromatic carbocycles. The summed E-state index contributed by atoms with van der Waals surface area (Å²) in [5.74, 6) is 0.910. The zero-order valence-corrected chi connectivity index (χ0v) is 21.4. The highest BCUT2D eigenvalue weighted by Gasteiger charge is 2.14. The number of benzene rings is 2. The molecule has 4 aromatic rings. The third-order valence-electron chi connectivity index (χ3n) is 7.42. The van der Waals surface area contributed by atoms with Crippen LogP contribution >= 0.6 is 0 Å². The van der Waals surface area contributed by atoms with Crippen molar-refractivity contribution in [2.45, 2.75) is 25.8 Å². The van der Waals surface area contributed by atoms with Gasteiger partial charge in [0.15, 0.2) is 5.65 Å². The van der Waals surface area contributed by atoms with Crippen molar-refractivity contribution in [2.24, 2.45) is 0 Å². The summed E-state index contributed by atoms with van der Waals surface area (Å²) in [6.45, 7) is 8.67. The average Bonchev–Trinajstić information content (AvgIpc) is 3.38. The van der Waals surface area contributed by atoms with Crippen molar-refractivity contribution >= 4 is 5.65 Å². The maximum absolute atomic E-state index is 6.00. The molecular formula is C30H35N5O2. The van der Waals surface area contributed by atoms with Gasteiger partial charge in [0.2, 0.25) is 0 Å². The van der Waals surface area contributed by atoms with Crippen molar-refractivity contribution in [1.82, 2.24) is 24.4 Å². The summed E-state index contributed by atoms with van der Waals surface area (Å²) in [6, 6.07) is 17.0. The van der Waals surface area contributed by atoms with E-state index >= 15 is 0 Å². The molecule has 2 aromatic heterocycles. The largest absolute Gasteiger partial charge is 0.492 e. The molecule has 0 aliphatic carbocycles. The van der Waals surface area contributed by atoms with Crippen LogP contribution in [0.4, 0.5) is 0 Å². The predicted molar refractivity (Wildman–Crippen MR) is 146 cm³/mol. The predicted octanol–water partition coefficient (Wildman–Crippen LogP) is 4.76. The number of ether oxygens (including phenoxy) is 2. The summed E-state index contributed by atoms with van der Waals surface area (Å²) in [7, 11) is 0. The van der Waals surface area contributed by atoms with E-state index in [0.29, 0.717) is 0 Å². The highest BCUT2D eigenvalue weighted by Crippen LogP contribution is 2.27. The Morgan fingerprint density at radius 2 is 1.65 bits per heavy atom. The van der Waals surface area contributed by atoms with Crippen LogP contribution < -0.4 is 4.74 Å². The summed E-state index contributed by atoms with van der Waals surface area (Å²) in [5.41, 5.74) is 6.49. The first-order chi connectivity index (χ1) is 18.3. The Hall–Kier alpha value is -3.26. The first-order valence-electron chi connectivity index (χ1n) is 13.5. The molecule has 0 unspecified atom stereocenters. The van der Waals surface area contributed by atoms with Crippen LogP contribution in [0.1, 0.15) is 24.8 Å². The lowest BCUT2D eigenvalue weighted by Gasteiger charge is -2.26. The van der Waals surface area contributed by atoms with Gasteiger partial charge in [-0.3, -0.25) is 9.80 Å². The lowest BCUT2D eigenvalue weighted by molar-refractivity contribution is 0.0342. The zero-order chi connectivity index (χ0) is 24.9. The van der Waals surface area contributed by atoms with E-state index in [1.165, 1.54) is 37.9 Å². The van der Waals surface area contributed by atoms with Gasteiger partial charge in [-0.05, 0) is 60.8 Å². The van der Waals surface area contributed by atoms with E-state index in [4.69, 9.17) is 14.5 Å². The Bertz CT molecular complexity index is 1310. The molecule has 0 atom stereocenters. The number of morpholine rings is 1. The monoisotopic (exact) mass is 497 g/mol. The van der Waals surface area contributed by atoms with Crippen molar-refractivity contribution in [3.63, 3.8) is 0 Å². The van der Waals surface area contributed by atoms with Gasteiger partial charge in [-0.25, -0.2) is 9.50 Å². The Morgan fingerprint density at radius 1 is 0.811 bits per heavy atom. The molecule has 0 bridgehead atoms. The quantitative estimate of drug-likeness (QED) is 0.350. The topological polar surface area (TPSA) is 55.1 Å². The van der Waals surface area contributed by atoms with Crippen LogP contribution in [-0.2, 0) is 11.3 Å². The van der Waals surface area contributed by atoms with E-state index in [9.17, 15) is 0 Å². The number of likely N-dealkylation sites (tertiary alicyclic amines) is 1. The van der Waals surface area contributed by atoms with Gasteiger partial charge < -0.3 is 9.47 Å². The molecular weight excluding hydrogens is 462 g/mol. The molecule has 0 amide bonds. The lowest BCUT2D eigenvalue weighted by Crippen LogP contribution is -2.35. The Balaban J connectivity index is 1.12. The fourth-order valence-electron chi connectivity index (χ4n) is 5.30. The molecule has 6 rings (SSSR count). The summed E-state index contributed by atoms with van der Waals surface area (Å²) in [6.07, 6.45) is 9.89. The minimum atomic E-state index is 0.733. The van der Waals surface area contributed by atoms with E-state index in [1.54, 1.807) is 0 Å². The van der Waals surface area contributed by atoms with Gasteiger partial charge in [-0.15, -0.1) is 0 Å². The Kier molecular flexibility index (Phi) is 7.44. The SMILES string of the molecule is c1cc(CN2CCOCC2)cc(-c2cnn3cc(-c4ccc(OCCN5CCCCC5)cc4)cnc23)c1. The van der Waals surface area contributed by atoms with Gasteiger partial charge in [0.25, 0.3) is 0 Å². The first kappa shape index (κ1) is 24.1. The molecule has 2 saturated heterocycles. The van der Waals surface area contributed by atoms with Crippen molar-refractivity contribution in [3.8, 4) is 28.0 Å². The van der Waals surface area contributed by atoms with Crippen molar-refractivity contribution in [2.75, 3.05) is 52.5 Å². The van der Waals surface area contributed by atoms with Crippen molar-refractivity contribution in [1.29, 1.82) is 0 Å². The molecule has 192 valence electrons. The molecule has 0 radical (unpaired) electrons. The minimum absolute atomic E-state index is 0.733. The maximum atomic E-state index is 6.00. The molecule has 7 nitrogen and oxygen atoms in total. The highest BCUT2D eigenvalue weighted by atomic mass is 16.5. The molecule has 2 fully saturated rings. The van der Waals surface area contributed by atoms with Crippen LogP contribution in [0, 0.1) is 0 Å². The van der Waals surface area contributed by atoms with Crippen LogP contribution in [-0.4, -0.2) is 76.9 Å². The summed E-state index contributed by atoms with van der Waals surface area (Å²) in [4.78, 5) is 9.74. The van der Waals surface area contributed by atoms with E-state index in [-0.39, 0.29) is 0 Å². The third kappa shape index (κ3) is 5.85. The normalized spacial score (nSPS) is 17.3. The maximum Gasteiger partial charge on any atom is 0.162 e. The molecule has 0 N–H and O–H groups in total. The number of hydrogen-bond donors (Lipinski definition) is 0. The van der Waals surface area contributed by atoms with Crippen molar-refractivity contribution < 1.29 is 9.47 Å². The second-order valence-corrected chi connectivity index (χ2v) is 10.0. The molecule has 37 heavy (non-hydrogen) atoms. The van der Waals surface area contributed by atoms with Crippen LogP contribution in [0.25, 0.3) is 27.9 Å². The third-order valence-corrected chi connectivity index (χ3v) is 7.42. The fourth-order valence-corrected chi connectivity index (χ4v) is 5.30. The van der Waals surface area contributed by atoms with Gasteiger partial charge >= 0.3 is 0 Å². The van der Waals surface area contributed by atoms with E-state index in [2.05, 4.69) is 57.5 Å². The van der Waals surface area contributed by atoms with E-state index in [1.807, 2.05) is 29.0 Å². The molecule has 2 aliphatic rings. The van der Waals surface area contributed by atoms with Crippen molar-refractivity contribution in [3.05, 3.63) is 72.7 Å². The van der Waals surface area contributed by atoms with E-state index in [0.717, 1.165) is 79.7 Å². The number of nitrogens with zero attached hydrogens (tertiary/aromatic N) is 5. The fraction of sp³-hybridized carbons (Fsp3) is 0.400. The molecule has 0 saturated carbocycles. The zero-order valence-electron chi connectivity index (χ0n) is 21.4. The smallest absolute Gasteiger partial charge is 0.162 e. The van der Waals surface area contributed by atoms with Crippen LogP contribution in [0.3, 0.4) is 0 Å². The first-order valence-corrected chi connectivity index (χ1v) is 13.5. The Labute approximate surface area is 218 Å². The van der Waals surface area contributed by atoms with Gasteiger partial charge in [-0.2, -0.15) is 5.10 Å². The standard InChI is InChI=1S/C30H35N5O2/c1-2-11-33(12-3-1)15-18-37-28-9-7-25(8-10-28)27-20-31-30-29(21-32-35(30)23-27)26-6-4-5-24(19-26)22-34-13-16-36-17-14-34/h4-10,19-21,23H,1-3,11-18,22H2. The summed E-state index contributed by atoms with van der Waals surface area (Å²) in [5, 5.41) is 4.63. The summed E-state index contributed by atoms with van der Waals surface area (Å²) >= 11 is 0. The average molecular weight is 498 g/mol. The highest BCUT2D eigenvalue weighted by molar-refractivity contribution is 5.78. The van der Waals surface area contributed by atoms with E-state index < -0.39 is 0 Å². The van der Waals surface area contributed by atoms with Crippen LogP contribution in [0.5, 0.6) is 5.75 Å². The van der Waals surface area contributed by atoms with Gasteiger partial charge in [0.05, 0.1) is 19.4 Å². The van der Waals surface area contributed by atoms with Crippen LogP contribution in [0.2, 0.25) is 0 Å². The lowest BCUT2D eigenvalue weighted by atomic mass is 10.0. The van der Waals surface area contributed by atoms with Gasteiger partial charge in [0, 0.05) is 49.7 Å². The number of fused-ring (bicyclic) bond motifs is 1. The molecule has 4 heterocycles.